The van der Waals surface area contributed by atoms with Crippen molar-refractivity contribution in [2.24, 2.45) is 5.73 Å². The molecule has 0 saturated heterocycles. The first-order valence-corrected chi connectivity index (χ1v) is 6.45. The second kappa shape index (κ2) is 4.86. The summed E-state index contributed by atoms with van der Waals surface area (Å²) in [6.07, 6.45) is 8.68. The van der Waals surface area contributed by atoms with Gasteiger partial charge in [0.25, 0.3) is 0 Å². The van der Waals surface area contributed by atoms with Crippen molar-refractivity contribution >= 4 is 0 Å². The summed E-state index contributed by atoms with van der Waals surface area (Å²) < 4.78 is 0. The molecule has 2 aromatic rings. The highest BCUT2D eigenvalue weighted by Gasteiger charge is 2.27. The Balaban J connectivity index is 1.94. The van der Waals surface area contributed by atoms with Gasteiger partial charge in [0.05, 0.1) is 11.7 Å². The van der Waals surface area contributed by atoms with Gasteiger partial charge in [-0.05, 0) is 30.4 Å². The maximum absolute atomic E-state index is 6.38. The van der Waals surface area contributed by atoms with Crippen LogP contribution in [-0.4, -0.2) is 9.97 Å². The van der Waals surface area contributed by atoms with Gasteiger partial charge in [0, 0.05) is 24.5 Å². The number of fused-ring (bicyclic) bond motifs is 1. The summed E-state index contributed by atoms with van der Waals surface area (Å²) in [6, 6.07) is 8.57. The zero-order valence-corrected chi connectivity index (χ0v) is 10.3. The lowest BCUT2D eigenvalue weighted by Gasteiger charge is -2.29. The van der Waals surface area contributed by atoms with Crippen LogP contribution in [0.1, 0.15) is 41.6 Å². The first-order chi connectivity index (χ1) is 8.86. The van der Waals surface area contributed by atoms with Gasteiger partial charge in [-0.15, -0.1) is 0 Å². The molecule has 2 atom stereocenters. The highest BCUT2D eigenvalue weighted by Crippen LogP contribution is 2.38. The molecule has 1 aromatic carbocycles. The Labute approximate surface area is 107 Å². The summed E-state index contributed by atoms with van der Waals surface area (Å²) in [4.78, 5) is 8.45. The van der Waals surface area contributed by atoms with E-state index in [0.29, 0.717) is 5.92 Å². The van der Waals surface area contributed by atoms with E-state index in [4.69, 9.17) is 5.73 Å². The van der Waals surface area contributed by atoms with Crippen LogP contribution in [0.2, 0.25) is 0 Å². The van der Waals surface area contributed by atoms with Gasteiger partial charge in [0.1, 0.15) is 0 Å². The molecule has 3 rings (SSSR count). The smallest absolute Gasteiger partial charge is 0.0760 e. The van der Waals surface area contributed by atoms with Gasteiger partial charge >= 0.3 is 0 Å². The molecule has 18 heavy (non-hydrogen) atoms. The number of nitrogens with two attached hydrogens (primary N) is 1. The third-order valence-electron chi connectivity index (χ3n) is 3.77. The minimum Gasteiger partial charge on any atom is -0.322 e. The molecule has 1 aromatic heterocycles. The van der Waals surface area contributed by atoms with Crippen LogP contribution >= 0.6 is 0 Å². The Morgan fingerprint density at radius 2 is 2.11 bits per heavy atom. The fourth-order valence-electron chi connectivity index (χ4n) is 2.85. The number of hydrogen-bond donors (Lipinski definition) is 1. The number of rotatable bonds is 2. The minimum atomic E-state index is -0.0554. The van der Waals surface area contributed by atoms with Gasteiger partial charge in [0.2, 0.25) is 0 Å². The topological polar surface area (TPSA) is 51.8 Å². The number of benzene rings is 1. The average molecular weight is 239 g/mol. The zero-order chi connectivity index (χ0) is 12.4. The fraction of sp³-hybridized carbons (Fsp3) is 0.333. The fourth-order valence-corrected chi connectivity index (χ4v) is 2.85. The molecule has 0 fully saturated rings. The second-order valence-electron chi connectivity index (χ2n) is 4.85. The summed E-state index contributed by atoms with van der Waals surface area (Å²) in [7, 11) is 0. The Bertz CT molecular complexity index is 524. The molecule has 3 nitrogen and oxygen atoms in total. The van der Waals surface area contributed by atoms with Crippen molar-refractivity contribution < 1.29 is 0 Å². The van der Waals surface area contributed by atoms with Gasteiger partial charge in [-0.2, -0.15) is 0 Å². The highest BCUT2D eigenvalue weighted by molar-refractivity contribution is 5.34. The minimum absolute atomic E-state index is 0.0554. The van der Waals surface area contributed by atoms with Crippen molar-refractivity contribution in [2.75, 3.05) is 0 Å². The molecule has 0 bridgehead atoms. The van der Waals surface area contributed by atoms with Crippen LogP contribution in [0, 0.1) is 0 Å². The molecule has 0 saturated carbocycles. The molecule has 0 spiro atoms. The molecule has 2 unspecified atom stereocenters. The number of aryl methyl sites for hydroxylation is 1. The Kier molecular flexibility index (Phi) is 3.07. The summed E-state index contributed by atoms with van der Waals surface area (Å²) in [6.45, 7) is 0. The van der Waals surface area contributed by atoms with Crippen LogP contribution in [0.4, 0.5) is 0 Å². The van der Waals surface area contributed by atoms with Gasteiger partial charge in [0.15, 0.2) is 0 Å². The molecule has 0 aliphatic heterocycles. The van der Waals surface area contributed by atoms with Crippen molar-refractivity contribution in [3.05, 3.63) is 59.7 Å². The molecular formula is C15H17N3. The van der Waals surface area contributed by atoms with Gasteiger partial charge in [-0.25, -0.2) is 0 Å². The molecule has 2 N–H and O–H groups in total. The van der Waals surface area contributed by atoms with Gasteiger partial charge in [-0.1, -0.05) is 24.3 Å². The van der Waals surface area contributed by atoms with E-state index >= 15 is 0 Å². The number of hydrogen-bond acceptors (Lipinski definition) is 3. The van der Waals surface area contributed by atoms with Crippen LogP contribution in [0.15, 0.2) is 42.9 Å². The van der Waals surface area contributed by atoms with Gasteiger partial charge < -0.3 is 5.73 Å². The number of nitrogens with zero attached hydrogens (tertiary/aromatic N) is 2. The largest absolute Gasteiger partial charge is 0.322 e. The van der Waals surface area contributed by atoms with Crippen LogP contribution in [0.5, 0.6) is 0 Å². The van der Waals surface area contributed by atoms with Gasteiger partial charge in [-0.3, -0.25) is 9.97 Å². The summed E-state index contributed by atoms with van der Waals surface area (Å²) >= 11 is 0. The molecule has 0 radical (unpaired) electrons. The lowest BCUT2D eigenvalue weighted by Crippen LogP contribution is -2.24. The van der Waals surface area contributed by atoms with Crippen molar-refractivity contribution in [1.82, 2.24) is 9.97 Å². The van der Waals surface area contributed by atoms with Crippen molar-refractivity contribution in [3.8, 4) is 0 Å². The summed E-state index contributed by atoms with van der Waals surface area (Å²) in [5.74, 6) is 0.367. The van der Waals surface area contributed by atoms with E-state index in [0.717, 1.165) is 12.1 Å². The third-order valence-corrected chi connectivity index (χ3v) is 3.77. The lowest BCUT2D eigenvalue weighted by atomic mass is 9.78. The van der Waals surface area contributed by atoms with Crippen molar-refractivity contribution in [3.63, 3.8) is 0 Å². The summed E-state index contributed by atoms with van der Waals surface area (Å²) in [5.41, 5.74) is 10.1. The maximum Gasteiger partial charge on any atom is 0.0760 e. The molecule has 92 valence electrons. The first-order valence-electron chi connectivity index (χ1n) is 6.45. The van der Waals surface area contributed by atoms with Crippen LogP contribution in [0.3, 0.4) is 0 Å². The van der Waals surface area contributed by atoms with E-state index in [1.807, 2.05) is 0 Å². The Hall–Kier alpha value is -1.74. The second-order valence-corrected chi connectivity index (χ2v) is 4.85. The van der Waals surface area contributed by atoms with E-state index in [9.17, 15) is 0 Å². The first kappa shape index (κ1) is 11.4. The molecule has 1 aliphatic rings. The summed E-state index contributed by atoms with van der Waals surface area (Å²) in [5, 5.41) is 0. The van der Waals surface area contributed by atoms with E-state index in [-0.39, 0.29) is 6.04 Å². The van der Waals surface area contributed by atoms with E-state index in [1.54, 1.807) is 18.6 Å². The average Bonchev–Trinajstić information content (AvgIpc) is 2.47. The van der Waals surface area contributed by atoms with Crippen LogP contribution in [-0.2, 0) is 6.42 Å². The highest BCUT2D eigenvalue weighted by atomic mass is 14.8. The molecule has 3 heteroatoms. The monoisotopic (exact) mass is 239 g/mol. The molecule has 1 heterocycles. The van der Waals surface area contributed by atoms with E-state index in [2.05, 4.69) is 34.2 Å². The quantitative estimate of drug-likeness (QED) is 0.876. The molecule has 0 amide bonds. The lowest BCUT2D eigenvalue weighted by molar-refractivity contribution is 0.466. The number of aromatic nitrogens is 2. The Morgan fingerprint density at radius 3 is 2.94 bits per heavy atom. The third kappa shape index (κ3) is 2.02. The predicted octanol–water partition coefficient (Wildman–Crippen LogP) is 2.60. The SMILES string of the molecule is NC(c1cnccn1)C1CCCc2ccccc21. The predicted molar refractivity (Wildman–Crippen MR) is 71.1 cm³/mol. The maximum atomic E-state index is 6.38. The normalized spacial score (nSPS) is 20.2. The standard InChI is InChI=1S/C15H17N3/c16-15(14-10-17-8-9-18-14)13-7-3-5-11-4-1-2-6-12(11)13/h1-2,4,6,8-10,13,15H,3,5,7,16H2. The molecular weight excluding hydrogens is 222 g/mol. The van der Waals surface area contributed by atoms with Crippen molar-refractivity contribution in [1.29, 1.82) is 0 Å². The van der Waals surface area contributed by atoms with E-state index < -0.39 is 0 Å². The van der Waals surface area contributed by atoms with Crippen LogP contribution in [0.25, 0.3) is 0 Å². The van der Waals surface area contributed by atoms with Crippen LogP contribution < -0.4 is 5.73 Å². The van der Waals surface area contributed by atoms with Crippen molar-refractivity contribution in [2.45, 2.75) is 31.2 Å². The zero-order valence-electron chi connectivity index (χ0n) is 10.3. The van der Waals surface area contributed by atoms with E-state index in [1.165, 1.54) is 24.0 Å². The Morgan fingerprint density at radius 1 is 1.22 bits per heavy atom. The molecule has 1 aliphatic carbocycles.